The largest absolute Gasteiger partial charge is 0.324 e. The number of hydrogen-bond acceptors (Lipinski definition) is 2. The molecule has 0 saturated carbocycles. The molecule has 23 heavy (non-hydrogen) atoms. The van der Waals surface area contributed by atoms with E-state index in [-0.39, 0.29) is 11.3 Å². The van der Waals surface area contributed by atoms with E-state index in [0.29, 0.717) is 0 Å². The zero-order valence-electron chi connectivity index (χ0n) is 14.3. The third-order valence-electron chi connectivity index (χ3n) is 4.54. The van der Waals surface area contributed by atoms with Gasteiger partial charge in [0.05, 0.1) is 11.2 Å². The Kier molecular flexibility index (Phi) is 5.91. The molecule has 0 aliphatic carbocycles. The van der Waals surface area contributed by atoms with Crippen molar-refractivity contribution in [2.24, 2.45) is 5.41 Å². The summed E-state index contributed by atoms with van der Waals surface area (Å²) in [5.74, 6) is 0.0821. The first-order chi connectivity index (χ1) is 11.1. The minimum Gasteiger partial charge on any atom is -0.324 e. The topological polar surface area (TPSA) is 42.0 Å². The quantitative estimate of drug-likeness (QED) is 0.554. The van der Waals surface area contributed by atoms with Crippen LogP contribution in [0.15, 0.2) is 48.7 Å². The number of hydrogen-bond donors (Lipinski definition) is 1. The van der Waals surface area contributed by atoms with Gasteiger partial charge in [-0.15, -0.1) is 0 Å². The first kappa shape index (κ1) is 17.2. The van der Waals surface area contributed by atoms with Crippen molar-refractivity contribution in [2.45, 2.75) is 46.5 Å². The van der Waals surface area contributed by atoms with Crippen molar-refractivity contribution >= 4 is 22.5 Å². The Morgan fingerprint density at radius 1 is 1.30 bits per heavy atom. The number of amides is 1. The highest BCUT2D eigenvalue weighted by molar-refractivity contribution is 6.02. The van der Waals surface area contributed by atoms with Gasteiger partial charge >= 0.3 is 0 Å². The summed E-state index contributed by atoms with van der Waals surface area (Å²) in [6.45, 7) is 6.16. The number of anilines is 1. The van der Waals surface area contributed by atoms with E-state index in [0.717, 1.165) is 42.3 Å². The van der Waals surface area contributed by atoms with E-state index in [2.05, 4.69) is 36.3 Å². The second-order valence-electron chi connectivity index (χ2n) is 6.21. The molecule has 2 rings (SSSR count). The van der Waals surface area contributed by atoms with Gasteiger partial charge in [0.25, 0.3) is 0 Å². The summed E-state index contributed by atoms with van der Waals surface area (Å²) < 4.78 is 0. The Balaban J connectivity index is 2.14. The molecule has 1 heterocycles. The van der Waals surface area contributed by atoms with Gasteiger partial charge in [0.2, 0.25) is 5.91 Å². The Hall–Kier alpha value is -2.16. The molecule has 0 fully saturated rings. The highest BCUT2D eigenvalue weighted by atomic mass is 16.2. The van der Waals surface area contributed by atoms with Gasteiger partial charge in [0.1, 0.15) is 0 Å². The molecule has 0 aliphatic heterocycles. The molecular formula is C20H26N2O. The van der Waals surface area contributed by atoms with Gasteiger partial charge in [0.15, 0.2) is 0 Å². The number of pyridine rings is 1. The van der Waals surface area contributed by atoms with E-state index in [1.807, 2.05) is 37.3 Å². The molecule has 1 aromatic carbocycles. The minimum atomic E-state index is -0.349. The fourth-order valence-electron chi connectivity index (χ4n) is 2.71. The lowest BCUT2D eigenvalue weighted by Crippen LogP contribution is -2.33. The second kappa shape index (κ2) is 7.91. The molecule has 1 unspecified atom stereocenters. The Morgan fingerprint density at radius 2 is 2.09 bits per heavy atom. The van der Waals surface area contributed by atoms with Gasteiger partial charge in [0, 0.05) is 17.0 Å². The summed E-state index contributed by atoms with van der Waals surface area (Å²) in [4.78, 5) is 17.2. The van der Waals surface area contributed by atoms with Gasteiger partial charge in [-0.3, -0.25) is 9.78 Å². The van der Waals surface area contributed by atoms with Crippen LogP contribution in [0, 0.1) is 5.41 Å². The van der Waals surface area contributed by atoms with E-state index in [1.165, 1.54) is 0 Å². The smallest absolute Gasteiger partial charge is 0.230 e. The predicted molar refractivity (Wildman–Crippen MR) is 97.4 cm³/mol. The fourth-order valence-corrected chi connectivity index (χ4v) is 2.71. The average Bonchev–Trinajstić information content (AvgIpc) is 2.59. The summed E-state index contributed by atoms with van der Waals surface area (Å²) in [5, 5.41) is 4.14. The van der Waals surface area contributed by atoms with E-state index in [1.54, 1.807) is 6.20 Å². The third kappa shape index (κ3) is 4.19. The summed E-state index contributed by atoms with van der Waals surface area (Å²) in [5.41, 5.74) is 1.29. The summed E-state index contributed by atoms with van der Waals surface area (Å²) >= 11 is 0. The van der Waals surface area contributed by atoms with Crippen LogP contribution in [-0.2, 0) is 4.79 Å². The Morgan fingerprint density at radius 3 is 2.83 bits per heavy atom. The Labute approximate surface area is 138 Å². The van der Waals surface area contributed by atoms with Crippen molar-refractivity contribution in [1.82, 2.24) is 4.98 Å². The van der Waals surface area contributed by atoms with Crippen LogP contribution >= 0.6 is 0 Å². The maximum absolute atomic E-state index is 12.8. The first-order valence-electron chi connectivity index (χ1n) is 8.37. The molecule has 2 aromatic rings. The molecule has 1 amide bonds. The molecule has 0 saturated heterocycles. The van der Waals surface area contributed by atoms with Crippen LogP contribution in [0.2, 0.25) is 0 Å². The van der Waals surface area contributed by atoms with E-state index in [9.17, 15) is 4.79 Å². The number of aromatic nitrogens is 1. The molecule has 3 nitrogen and oxygen atoms in total. The van der Waals surface area contributed by atoms with Crippen LogP contribution in [0.25, 0.3) is 10.9 Å². The monoisotopic (exact) mass is 310 g/mol. The summed E-state index contributed by atoms with van der Waals surface area (Å²) in [7, 11) is 0. The van der Waals surface area contributed by atoms with Crippen molar-refractivity contribution in [3.63, 3.8) is 0 Å². The third-order valence-corrected chi connectivity index (χ3v) is 4.54. The Bertz CT molecular complexity index is 688. The van der Waals surface area contributed by atoms with Crippen molar-refractivity contribution in [1.29, 1.82) is 0 Å². The lowest BCUT2D eigenvalue weighted by atomic mass is 9.81. The van der Waals surface area contributed by atoms with E-state index >= 15 is 0 Å². The molecule has 1 N–H and O–H groups in total. The zero-order valence-corrected chi connectivity index (χ0v) is 14.3. The number of unbranched alkanes of at least 4 members (excludes halogenated alkanes) is 1. The predicted octanol–water partition coefficient (Wildman–Crippen LogP) is 5.34. The van der Waals surface area contributed by atoms with Crippen LogP contribution in [-0.4, -0.2) is 10.9 Å². The zero-order chi connectivity index (χ0) is 16.7. The maximum atomic E-state index is 12.8. The van der Waals surface area contributed by atoms with Gasteiger partial charge in [-0.1, -0.05) is 44.2 Å². The standard InChI is InChI=1S/C20H26N2O/c1-4-6-7-8-14-20(3,5-2)19(23)22-17-13-9-11-16-12-10-15-21-18(16)17/h4,6,9-13,15H,5,7-8,14H2,1-3H3,(H,22,23)/b6-4+. The van der Waals surface area contributed by atoms with E-state index < -0.39 is 0 Å². The molecule has 1 aromatic heterocycles. The van der Waals surface area contributed by atoms with Gasteiger partial charge in [-0.05, 0) is 44.7 Å². The number of carbonyl (C=O) groups is 1. The number of rotatable bonds is 7. The number of fused-ring (bicyclic) bond motifs is 1. The van der Waals surface area contributed by atoms with Crippen LogP contribution in [0.3, 0.4) is 0 Å². The molecule has 3 heteroatoms. The molecule has 122 valence electrons. The molecule has 0 bridgehead atoms. The summed E-state index contributed by atoms with van der Waals surface area (Å²) in [6.07, 6.45) is 9.73. The first-order valence-corrected chi connectivity index (χ1v) is 8.37. The number of carbonyl (C=O) groups excluding carboxylic acids is 1. The number of nitrogens with one attached hydrogen (secondary N) is 1. The second-order valence-corrected chi connectivity index (χ2v) is 6.21. The number of nitrogens with zero attached hydrogens (tertiary/aromatic N) is 1. The lowest BCUT2D eigenvalue weighted by Gasteiger charge is -2.27. The van der Waals surface area contributed by atoms with Crippen molar-refractivity contribution < 1.29 is 4.79 Å². The molecule has 0 aliphatic rings. The van der Waals surface area contributed by atoms with E-state index in [4.69, 9.17) is 0 Å². The molecule has 0 radical (unpaired) electrons. The maximum Gasteiger partial charge on any atom is 0.230 e. The van der Waals surface area contributed by atoms with Gasteiger partial charge < -0.3 is 5.32 Å². The molecule has 1 atom stereocenters. The minimum absolute atomic E-state index is 0.0821. The van der Waals surface area contributed by atoms with Crippen LogP contribution < -0.4 is 5.32 Å². The highest BCUT2D eigenvalue weighted by Crippen LogP contribution is 2.31. The summed E-state index contributed by atoms with van der Waals surface area (Å²) in [6, 6.07) is 9.80. The number of para-hydroxylation sites is 1. The number of allylic oxidation sites excluding steroid dienone is 2. The molecule has 0 spiro atoms. The average molecular weight is 310 g/mol. The van der Waals surface area contributed by atoms with Crippen LogP contribution in [0.1, 0.15) is 46.5 Å². The molecular weight excluding hydrogens is 284 g/mol. The van der Waals surface area contributed by atoms with Crippen LogP contribution in [0.5, 0.6) is 0 Å². The fraction of sp³-hybridized carbons (Fsp3) is 0.400. The van der Waals surface area contributed by atoms with Gasteiger partial charge in [-0.2, -0.15) is 0 Å². The van der Waals surface area contributed by atoms with Crippen molar-refractivity contribution in [2.75, 3.05) is 5.32 Å². The normalized spacial score (nSPS) is 14.0. The SMILES string of the molecule is C/C=C/CCCC(C)(CC)C(=O)Nc1cccc2cccnc12. The lowest BCUT2D eigenvalue weighted by molar-refractivity contribution is -0.125. The van der Waals surface area contributed by atoms with Gasteiger partial charge in [-0.25, -0.2) is 0 Å². The van der Waals surface area contributed by atoms with Crippen molar-refractivity contribution in [3.05, 3.63) is 48.7 Å². The number of benzene rings is 1. The highest BCUT2D eigenvalue weighted by Gasteiger charge is 2.30. The van der Waals surface area contributed by atoms with Crippen molar-refractivity contribution in [3.8, 4) is 0 Å². The van der Waals surface area contributed by atoms with Crippen LogP contribution in [0.4, 0.5) is 5.69 Å².